The molecule has 170 valence electrons. The molecule has 0 fully saturated rings. The maximum atomic E-state index is 15.0. The number of rotatable bonds is 5. The van der Waals surface area contributed by atoms with Crippen LogP contribution in [0.4, 0.5) is 4.39 Å². The number of ether oxygens (including phenoxy) is 1. The highest BCUT2D eigenvalue weighted by Gasteiger charge is 2.57. The Kier molecular flexibility index (Phi) is 5.27. The summed E-state index contributed by atoms with van der Waals surface area (Å²) in [5.74, 6) is -0.485. The number of Topliss-reactive ketones (excluding diaryl/α,β-unsaturated/α-hetero) is 1. The number of halogens is 1. The van der Waals surface area contributed by atoms with Gasteiger partial charge in [-0.15, -0.1) is 0 Å². The largest absolute Gasteiger partial charge is 0.480 e. The zero-order chi connectivity index (χ0) is 23.3. The number of pyridine rings is 1. The van der Waals surface area contributed by atoms with Crippen molar-refractivity contribution in [2.45, 2.75) is 49.1 Å². The number of nitrogens with two attached hydrogens (primary N) is 1. The van der Waals surface area contributed by atoms with Crippen molar-refractivity contribution in [1.82, 2.24) is 15.0 Å². The first-order valence-electron chi connectivity index (χ1n) is 10.1. The van der Waals surface area contributed by atoms with Gasteiger partial charge in [0.15, 0.2) is 5.78 Å². The van der Waals surface area contributed by atoms with Gasteiger partial charge in [0.05, 0.1) is 40.9 Å². The van der Waals surface area contributed by atoms with Crippen LogP contribution in [0.25, 0.3) is 0 Å². The van der Waals surface area contributed by atoms with Crippen LogP contribution < -0.4 is 10.5 Å². The van der Waals surface area contributed by atoms with Crippen LogP contribution in [0.5, 0.6) is 5.88 Å². The van der Waals surface area contributed by atoms with Gasteiger partial charge in [0.1, 0.15) is 33.3 Å². The molecule has 9 nitrogen and oxygen atoms in total. The lowest BCUT2D eigenvalue weighted by molar-refractivity contribution is 0.0986. The minimum absolute atomic E-state index is 0.0110. The molecule has 0 spiro atoms. The monoisotopic (exact) mass is 460 g/mol. The van der Waals surface area contributed by atoms with Crippen LogP contribution in [0.1, 0.15) is 49.1 Å². The molecule has 3 atom stereocenters. The number of amidine groups is 1. The van der Waals surface area contributed by atoms with Gasteiger partial charge >= 0.3 is 0 Å². The Labute approximate surface area is 185 Å². The Morgan fingerprint density at radius 2 is 2.03 bits per heavy atom. The number of nitrogens with zero attached hydrogens (tertiary/aromatic N) is 5. The zero-order valence-corrected chi connectivity index (χ0v) is 19.1. The van der Waals surface area contributed by atoms with E-state index in [-0.39, 0.29) is 35.3 Å². The van der Waals surface area contributed by atoms with Crippen LogP contribution in [0.15, 0.2) is 33.9 Å². The van der Waals surface area contributed by atoms with Crippen molar-refractivity contribution in [2.24, 2.45) is 15.1 Å². The molecule has 32 heavy (non-hydrogen) atoms. The van der Waals surface area contributed by atoms with Crippen molar-refractivity contribution in [3.63, 3.8) is 0 Å². The van der Waals surface area contributed by atoms with Crippen LogP contribution >= 0.6 is 0 Å². The fraction of sp³-hybridized carbons (Fsp3) is 0.476. The second-order valence-electron chi connectivity index (χ2n) is 8.53. The highest BCUT2D eigenvalue weighted by molar-refractivity contribution is 7.96. The van der Waals surface area contributed by atoms with Crippen LogP contribution in [0.3, 0.4) is 0 Å². The molecule has 0 bridgehead atoms. The second-order valence-corrected chi connectivity index (χ2v) is 11.5. The molecule has 0 amide bonds. The maximum Gasteiger partial charge on any atom is 0.232 e. The van der Waals surface area contributed by atoms with Crippen molar-refractivity contribution < 1.29 is 18.1 Å². The van der Waals surface area contributed by atoms with E-state index in [0.717, 1.165) is 0 Å². The van der Waals surface area contributed by atoms with Gasteiger partial charge < -0.3 is 10.5 Å². The number of aromatic nitrogens is 3. The van der Waals surface area contributed by atoms with Gasteiger partial charge in [-0.05, 0) is 39.3 Å². The third kappa shape index (κ3) is 3.26. The molecule has 2 aliphatic rings. The average molecular weight is 461 g/mol. The first kappa shape index (κ1) is 22.3. The van der Waals surface area contributed by atoms with Crippen molar-refractivity contribution in [2.75, 3.05) is 13.7 Å². The SMILES string of the molecule is COc1cnc(C(=O)Cc2ccc(F)c([C@@]3(C)N=C(N)C(C)(C)[S@@]4(=O)=NCC[C@H]34)n2)cn1. The molecule has 4 rings (SSSR count). The number of fused-ring (bicyclic) bond motifs is 1. The van der Waals surface area contributed by atoms with Gasteiger partial charge in [-0.2, -0.15) is 0 Å². The summed E-state index contributed by atoms with van der Waals surface area (Å²) in [4.78, 5) is 29.7. The molecule has 2 N–H and O–H groups in total. The summed E-state index contributed by atoms with van der Waals surface area (Å²) in [6, 6.07) is 2.68. The summed E-state index contributed by atoms with van der Waals surface area (Å²) in [6.45, 7) is 5.59. The zero-order valence-electron chi connectivity index (χ0n) is 18.3. The highest BCUT2D eigenvalue weighted by atomic mass is 32.2. The quantitative estimate of drug-likeness (QED) is 0.675. The average Bonchev–Trinajstić information content (AvgIpc) is 3.18. The summed E-state index contributed by atoms with van der Waals surface area (Å²) >= 11 is 0. The van der Waals surface area contributed by atoms with Crippen LogP contribution in [-0.2, 0) is 21.7 Å². The van der Waals surface area contributed by atoms with Crippen molar-refractivity contribution >= 4 is 21.3 Å². The van der Waals surface area contributed by atoms with Gasteiger partial charge in [0.25, 0.3) is 0 Å². The summed E-state index contributed by atoms with van der Waals surface area (Å²) < 4.78 is 37.3. The van der Waals surface area contributed by atoms with E-state index in [0.29, 0.717) is 18.7 Å². The number of hydrogen-bond acceptors (Lipinski definition) is 9. The molecule has 0 aliphatic carbocycles. The van der Waals surface area contributed by atoms with E-state index in [4.69, 9.17) is 10.5 Å². The number of methoxy groups -OCH3 is 1. The van der Waals surface area contributed by atoms with E-state index in [1.165, 1.54) is 31.6 Å². The number of aliphatic imine (C=N–C) groups is 1. The van der Waals surface area contributed by atoms with Crippen molar-refractivity contribution in [1.29, 1.82) is 0 Å². The molecular formula is C21H25FN6O3S. The molecule has 0 saturated carbocycles. The van der Waals surface area contributed by atoms with Crippen LogP contribution in [-0.4, -0.2) is 54.4 Å². The Bertz CT molecular complexity index is 1240. The molecule has 2 aliphatic heterocycles. The Hall–Kier alpha value is -2.95. The lowest BCUT2D eigenvalue weighted by atomic mass is 9.89. The first-order chi connectivity index (χ1) is 15.0. The molecule has 0 unspecified atom stereocenters. The standard InChI is InChI=1S/C21H25FN6O3S/c1-20(2)19(23)28-21(3,16-7-8-26-32(16,20)30)18-13(22)6-5-12(27-18)9-15(29)14-10-25-17(31-4)11-24-14/h5-6,10-11,16H,7-9H2,1-4H3,(H2,23,28)/t16-,21+,32-/m1/s1. The van der Waals surface area contributed by atoms with Crippen LogP contribution in [0.2, 0.25) is 0 Å². The lowest BCUT2D eigenvalue weighted by Gasteiger charge is -2.44. The van der Waals surface area contributed by atoms with Gasteiger partial charge in [0, 0.05) is 12.2 Å². The van der Waals surface area contributed by atoms with E-state index >= 15 is 4.39 Å². The predicted octanol–water partition coefficient (Wildman–Crippen LogP) is 2.05. The summed E-state index contributed by atoms with van der Waals surface area (Å²) in [5.41, 5.74) is 5.44. The molecule has 2 aromatic rings. The van der Waals surface area contributed by atoms with E-state index in [2.05, 4.69) is 24.3 Å². The fourth-order valence-electron chi connectivity index (χ4n) is 4.23. The molecule has 4 heterocycles. The Morgan fingerprint density at radius 3 is 2.69 bits per heavy atom. The predicted molar refractivity (Wildman–Crippen MR) is 118 cm³/mol. The molecule has 0 radical (unpaired) electrons. The number of carbonyl (C=O) groups is 1. The lowest BCUT2D eigenvalue weighted by Crippen LogP contribution is -2.58. The van der Waals surface area contributed by atoms with Crippen LogP contribution in [0, 0.1) is 5.82 Å². The molecule has 2 aromatic heterocycles. The first-order valence-corrected chi connectivity index (χ1v) is 11.7. The van der Waals surface area contributed by atoms with E-state index in [1.807, 2.05) is 0 Å². The minimum atomic E-state index is -2.82. The third-order valence-corrected chi connectivity index (χ3v) is 9.94. The van der Waals surface area contributed by atoms with Gasteiger partial charge in [0.2, 0.25) is 5.88 Å². The Balaban J connectivity index is 1.73. The highest BCUT2D eigenvalue weighted by Crippen LogP contribution is 2.47. The normalized spacial score (nSPS) is 28.4. The molecular weight excluding hydrogens is 435 g/mol. The topological polar surface area (TPSA) is 133 Å². The minimum Gasteiger partial charge on any atom is -0.480 e. The molecule has 0 saturated heterocycles. The van der Waals surface area contributed by atoms with Gasteiger partial charge in [-0.1, -0.05) is 0 Å². The van der Waals surface area contributed by atoms with E-state index in [9.17, 15) is 9.00 Å². The smallest absolute Gasteiger partial charge is 0.232 e. The van der Waals surface area contributed by atoms with E-state index in [1.54, 1.807) is 20.8 Å². The number of carbonyl (C=O) groups excluding carboxylic acids is 1. The van der Waals surface area contributed by atoms with Crippen molar-refractivity contribution in [3.8, 4) is 5.88 Å². The number of ketones is 1. The number of hydrogen-bond donors (Lipinski definition) is 1. The maximum absolute atomic E-state index is 15.0. The van der Waals surface area contributed by atoms with Gasteiger partial charge in [-0.3, -0.25) is 14.8 Å². The Morgan fingerprint density at radius 1 is 1.28 bits per heavy atom. The summed E-state index contributed by atoms with van der Waals surface area (Å²) in [5, 5.41) is -0.544. The van der Waals surface area contributed by atoms with E-state index < -0.39 is 31.1 Å². The molecule has 0 aromatic carbocycles. The third-order valence-electron chi connectivity index (χ3n) is 6.24. The summed E-state index contributed by atoms with van der Waals surface area (Å²) in [6.07, 6.45) is 3.04. The van der Waals surface area contributed by atoms with Crippen molar-refractivity contribution in [3.05, 3.63) is 47.4 Å². The molecule has 11 heteroatoms. The van der Waals surface area contributed by atoms with Gasteiger partial charge in [-0.25, -0.2) is 22.9 Å². The second kappa shape index (κ2) is 7.58. The fourth-order valence-corrected chi connectivity index (χ4v) is 7.38. The summed E-state index contributed by atoms with van der Waals surface area (Å²) in [7, 11) is -1.36.